The molecule has 0 bridgehead atoms. The van der Waals surface area contributed by atoms with Crippen molar-refractivity contribution < 1.29 is 9.59 Å². The lowest BCUT2D eigenvalue weighted by atomic mass is 10.1. The molecule has 0 aromatic heterocycles. The van der Waals surface area contributed by atoms with Crippen molar-refractivity contribution in [2.45, 2.75) is 25.7 Å². The fourth-order valence-electron chi connectivity index (χ4n) is 2.20. The summed E-state index contributed by atoms with van der Waals surface area (Å²) in [6, 6.07) is 4.61. The molecule has 3 N–H and O–H groups in total. The Hall–Kier alpha value is -1.55. The van der Waals surface area contributed by atoms with E-state index in [0.29, 0.717) is 16.3 Å². The van der Waals surface area contributed by atoms with E-state index >= 15 is 0 Å². The number of hydrogen-bond acceptors (Lipinski definition) is 2. The third kappa shape index (κ3) is 2.82. The Balaban J connectivity index is 2.14. The summed E-state index contributed by atoms with van der Waals surface area (Å²) < 4.78 is 0. The molecule has 4 nitrogen and oxygen atoms in total. The average Bonchev–Trinajstić information content (AvgIpc) is 2.85. The van der Waals surface area contributed by atoms with Gasteiger partial charge in [0.1, 0.15) is 0 Å². The van der Waals surface area contributed by atoms with Gasteiger partial charge in [-0.05, 0) is 31.0 Å². The number of primary amides is 1. The summed E-state index contributed by atoms with van der Waals surface area (Å²) in [4.78, 5) is 23.0. The van der Waals surface area contributed by atoms with Crippen molar-refractivity contribution in [3.63, 3.8) is 0 Å². The Morgan fingerprint density at radius 3 is 2.56 bits per heavy atom. The molecule has 5 heteroatoms. The van der Waals surface area contributed by atoms with Gasteiger partial charge >= 0.3 is 0 Å². The predicted molar refractivity (Wildman–Crippen MR) is 70.6 cm³/mol. The highest BCUT2D eigenvalue weighted by Gasteiger charge is 2.23. The quantitative estimate of drug-likeness (QED) is 0.882. The van der Waals surface area contributed by atoms with Gasteiger partial charge in [0.25, 0.3) is 0 Å². The predicted octanol–water partition coefficient (Wildman–Crippen LogP) is 2.57. The maximum Gasteiger partial charge on any atom is 0.248 e. The Kier molecular flexibility index (Phi) is 3.87. The number of carbonyl (C=O) groups excluding carboxylic acids is 2. The first-order chi connectivity index (χ1) is 8.58. The largest absolute Gasteiger partial charge is 0.366 e. The highest BCUT2D eigenvalue weighted by molar-refractivity contribution is 6.33. The van der Waals surface area contributed by atoms with Gasteiger partial charge in [0.05, 0.1) is 10.7 Å². The van der Waals surface area contributed by atoms with Gasteiger partial charge in [-0.25, -0.2) is 0 Å². The minimum Gasteiger partial charge on any atom is -0.366 e. The molecule has 2 amide bonds. The van der Waals surface area contributed by atoms with E-state index in [2.05, 4.69) is 5.32 Å². The number of rotatable bonds is 3. The Morgan fingerprint density at radius 2 is 1.94 bits per heavy atom. The van der Waals surface area contributed by atoms with Crippen LogP contribution in [-0.4, -0.2) is 11.8 Å². The molecule has 1 saturated carbocycles. The van der Waals surface area contributed by atoms with E-state index in [-0.39, 0.29) is 11.8 Å². The van der Waals surface area contributed by atoms with Crippen LogP contribution < -0.4 is 11.1 Å². The summed E-state index contributed by atoms with van der Waals surface area (Å²) in [6.07, 6.45) is 4.01. The Bertz CT molecular complexity index is 482. The zero-order valence-corrected chi connectivity index (χ0v) is 10.7. The number of benzene rings is 1. The highest BCUT2D eigenvalue weighted by atomic mass is 35.5. The van der Waals surface area contributed by atoms with Gasteiger partial charge in [-0.15, -0.1) is 0 Å². The van der Waals surface area contributed by atoms with Crippen LogP contribution in [-0.2, 0) is 4.79 Å². The topological polar surface area (TPSA) is 72.2 Å². The van der Waals surface area contributed by atoms with Gasteiger partial charge in [0, 0.05) is 11.5 Å². The van der Waals surface area contributed by atoms with Crippen LogP contribution in [0.2, 0.25) is 5.02 Å². The molecule has 1 aliphatic carbocycles. The van der Waals surface area contributed by atoms with E-state index in [4.69, 9.17) is 17.3 Å². The smallest absolute Gasteiger partial charge is 0.248 e. The molecule has 0 heterocycles. The van der Waals surface area contributed by atoms with Crippen molar-refractivity contribution in [1.29, 1.82) is 0 Å². The second kappa shape index (κ2) is 5.40. The van der Waals surface area contributed by atoms with Crippen LogP contribution in [0.15, 0.2) is 18.2 Å². The van der Waals surface area contributed by atoms with Crippen molar-refractivity contribution in [3.8, 4) is 0 Å². The normalized spacial score (nSPS) is 15.6. The molecular weight excluding hydrogens is 252 g/mol. The van der Waals surface area contributed by atoms with Crippen LogP contribution in [0.3, 0.4) is 0 Å². The van der Waals surface area contributed by atoms with Crippen LogP contribution in [0.25, 0.3) is 0 Å². The van der Waals surface area contributed by atoms with Crippen LogP contribution in [0, 0.1) is 5.92 Å². The first kappa shape index (κ1) is 12.9. The summed E-state index contributed by atoms with van der Waals surface area (Å²) in [7, 11) is 0. The molecular formula is C13H15ClN2O2. The lowest BCUT2D eigenvalue weighted by Crippen LogP contribution is -2.21. The summed E-state index contributed by atoms with van der Waals surface area (Å²) in [6.45, 7) is 0. The number of nitrogens with two attached hydrogens (primary N) is 1. The first-order valence-corrected chi connectivity index (χ1v) is 6.36. The minimum atomic E-state index is -0.539. The molecule has 2 rings (SSSR count). The molecule has 1 aromatic rings. The van der Waals surface area contributed by atoms with E-state index in [1.165, 1.54) is 12.1 Å². The van der Waals surface area contributed by atoms with E-state index in [1.54, 1.807) is 6.07 Å². The molecule has 0 radical (unpaired) electrons. The maximum absolute atomic E-state index is 12.0. The van der Waals surface area contributed by atoms with E-state index in [0.717, 1.165) is 25.7 Å². The Morgan fingerprint density at radius 1 is 1.28 bits per heavy atom. The molecule has 1 aromatic carbocycles. The monoisotopic (exact) mass is 266 g/mol. The molecule has 0 spiro atoms. The molecule has 96 valence electrons. The van der Waals surface area contributed by atoms with Crippen LogP contribution in [0.4, 0.5) is 5.69 Å². The zero-order valence-electron chi connectivity index (χ0n) is 9.91. The molecule has 18 heavy (non-hydrogen) atoms. The van der Waals surface area contributed by atoms with Crippen molar-refractivity contribution in [2.24, 2.45) is 11.7 Å². The number of amides is 2. The zero-order chi connectivity index (χ0) is 13.1. The summed E-state index contributed by atoms with van der Waals surface area (Å²) in [5.74, 6) is -0.516. The lowest BCUT2D eigenvalue weighted by molar-refractivity contribution is -0.119. The van der Waals surface area contributed by atoms with Crippen molar-refractivity contribution in [3.05, 3.63) is 28.8 Å². The lowest BCUT2D eigenvalue weighted by Gasteiger charge is -2.12. The molecule has 0 saturated heterocycles. The number of nitrogens with one attached hydrogen (secondary N) is 1. The van der Waals surface area contributed by atoms with Crippen molar-refractivity contribution in [1.82, 2.24) is 0 Å². The maximum atomic E-state index is 12.0. The first-order valence-electron chi connectivity index (χ1n) is 5.98. The van der Waals surface area contributed by atoms with E-state index in [1.807, 2.05) is 0 Å². The third-order valence-corrected chi connectivity index (χ3v) is 3.56. The van der Waals surface area contributed by atoms with Gasteiger partial charge in [-0.1, -0.05) is 24.4 Å². The molecule has 0 unspecified atom stereocenters. The second-order valence-electron chi connectivity index (χ2n) is 4.53. The third-order valence-electron chi connectivity index (χ3n) is 3.23. The molecule has 0 aliphatic heterocycles. The number of carbonyl (C=O) groups is 2. The number of hydrogen-bond donors (Lipinski definition) is 2. The molecule has 1 fully saturated rings. The highest BCUT2D eigenvalue weighted by Crippen LogP contribution is 2.28. The Labute approximate surface area is 110 Å². The summed E-state index contributed by atoms with van der Waals surface area (Å²) >= 11 is 5.98. The number of halogens is 1. The molecule has 1 aliphatic rings. The SMILES string of the molecule is NC(=O)c1ccc(Cl)c(NC(=O)C2CCCC2)c1. The van der Waals surface area contributed by atoms with Crippen LogP contribution in [0.5, 0.6) is 0 Å². The minimum absolute atomic E-state index is 0.0315. The van der Waals surface area contributed by atoms with E-state index < -0.39 is 5.91 Å². The average molecular weight is 267 g/mol. The summed E-state index contributed by atoms with van der Waals surface area (Å²) in [5, 5.41) is 3.18. The van der Waals surface area contributed by atoms with Crippen LogP contribution >= 0.6 is 11.6 Å². The van der Waals surface area contributed by atoms with Gasteiger partial charge in [-0.2, -0.15) is 0 Å². The van der Waals surface area contributed by atoms with Gasteiger partial charge in [-0.3, -0.25) is 9.59 Å². The van der Waals surface area contributed by atoms with Crippen molar-refractivity contribution >= 4 is 29.1 Å². The van der Waals surface area contributed by atoms with E-state index in [9.17, 15) is 9.59 Å². The van der Waals surface area contributed by atoms with Crippen LogP contribution in [0.1, 0.15) is 36.0 Å². The number of anilines is 1. The summed E-state index contributed by atoms with van der Waals surface area (Å²) in [5.41, 5.74) is 5.97. The fourth-order valence-corrected chi connectivity index (χ4v) is 2.36. The fraction of sp³-hybridized carbons (Fsp3) is 0.385. The van der Waals surface area contributed by atoms with Crippen molar-refractivity contribution in [2.75, 3.05) is 5.32 Å². The van der Waals surface area contributed by atoms with Gasteiger partial charge < -0.3 is 11.1 Å². The van der Waals surface area contributed by atoms with Gasteiger partial charge in [0.15, 0.2) is 0 Å². The standard InChI is InChI=1S/C13H15ClN2O2/c14-10-6-5-9(12(15)17)7-11(10)16-13(18)8-3-1-2-4-8/h5-8H,1-4H2,(H2,15,17)(H,16,18). The second-order valence-corrected chi connectivity index (χ2v) is 4.94. The van der Waals surface area contributed by atoms with Gasteiger partial charge in [0.2, 0.25) is 11.8 Å². The molecule has 0 atom stereocenters.